The molecule has 1 aromatic carbocycles. The maximum absolute atomic E-state index is 6.17. The predicted octanol–water partition coefficient (Wildman–Crippen LogP) is 3.60. The molecule has 0 heterocycles. The first-order valence-corrected chi connectivity index (χ1v) is 4.95. The van der Waals surface area contributed by atoms with Crippen molar-refractivity contribution >= 4 is 35.6 Å². The molecule has 0 aliphatic heterocycles. The highest BCUT2D eigenvalue weighted by molar-refractivity contribution is 6.30. The summed E-state index contributed by atoms with van der Waals surface area (Å²) < 4.78 is 0. The second-order valence-electron chi connectivity index (χ2n) is 3.28. The zero-order chi connectivity index (χ0) is 9.84. The molecule has 1 nitrogen and oxygen atoms in total. The molecule has 0 radical (unpaired) electrons. The second-order valence-corrected chi connectivity index (χ2v) is 4.24. The summed E-state index contributed by atoms with van der Waals surface area (Å²) in [5.74, 6) is 0. The third-order valence-corrected chi connectivity index (χ3v) is 2.40. The topological polar surface area (TPSA) is 3.24 Å². The minimum atomic E-state index is 0. The summed E-state index contributed by atoms with van der Waals surface area (Å²) in [5, 5.41) is 0.782. The van der Waals surface area contributed by atoms with Crippen LogP contribution in [0.25, 0.3) is 0 Å². The van der Waals surface area contributed by atoms with Crippen LogP contribution in [0.2, 0.25) is 5.02 Å². The molecule has 1 rings (SSSR count). The van der Waals surface area contributed by atoms with Crippen molar-refractivity contribution in [2.24, 2.45) is 0 Å². The lowest BCUT2D eigenvalue weighted by Crippen LogP contribution is -2.17. The van der Waals surface area contributed by atoms with Crippen molar-refractivity contribution in [2.75, 3.05) is 20.6 Å². The van der Waals surface area contributed by atoms with E-state index >= 15 is 0 Å². The Bertz CT molecular complexity index is 259. The molecule has 1 atom stereocenters. The molecule has 0 saturated carbocycles. The fourth-order valence-electron chi connectivity index (χ4n) is 1.10. The van der Waals surface area contributed by atoms with E-state index in [1.807, 2.05) is 38.4 Å². The largest absolute Gasteiger partial charge is 0.308 e. The average molecular weight is 255 g/mol. The van der Waals surface area contributed by atoms with Crippen molar-refractivity contribution in [3.05, 3.63) is 34.9 Å². The van der Waals surface area contributed by atoms with E-state index in [-0.39, 0.29) is 17.8 Å². The molecule has 0 fully saturated rings. The van der Waals surface area contributed by atoms with Gasteiger partial charge in [-0.1, -0.05) is 23.7 Å². The monoisotopic (exact) mass is 253 g/mol. The fraction of sp³-hybridized carbons (Fsp3) is 0.400. The molecule has 80 valence electrons. The molecular weight excluding hydrogens is 240 g/mol. The molecule has 0 N–H and O–H groups in total. The number of nitrogens with zero attached hydrogens (tertiary/aromatic N) is 1. The second kappa shape index (κ2) is 6.52. The first-order valence-electron chi connectivity index (χ1n) is 4.14. The quantitative estimate of drug-likeness (QED) is 0.745. The van der Waals surface area contributed by atoms with Crippen LogP contribution in [-0.4, -0.2) is 25.5 Å². The molecule has 0 aliphatic carbocycles. The van der Waals surface area contributed by atoms with E-state index in [4.69, 9.17) is 23.2 Å². The van der Waals surface area contributed by atoms with Crippen LogP contribution >= 0.6 is 35.6 Å². The van der Waals surface area contributed by atoms with E-state index in [1.54, 1.807) is 0 Å². The van der Waals surface area contributed by atoms with Crippen molar-refractivity contribution in [2.45, 2.75) is 5.38 Å². The van der Waals surface area contributed by atoms with E-state index < -0.39 is 0 Å². The van der Waals surface area contributed by atoms with Crippen LogP contribution in [0.1, 0.15) is 10.9 Å². The molecule has 4 heteroatoms. The van der Waals surface area contributed by atoms with Gasteiger partial charge in [-0.25, -0.2) is 0 Å². The van der Waals surface area contributed by atoms with Crippen LogP contribution in [0.5, 0.6) is 0 Å². The molecule has 0 amide bonds. The Labute approximate surface area is 101 Å². The lowest BCUT2D eigenvalue weighted by molar-refractivity contribution is 0.408. The normalized spacial score (nSPS) is 12.4. The van der Waals surface area contributed by atoms with Gasteiger partial charge in [0.05, 0.1) is 5.38 Å². The molecule has 0 bridgehead atoms. The Kier molecular flexibility index (Phi) is 6.54. The van der Waals surface area contributed by atoms with Crippen LogP contribution in [0, 0.1) is 0 Å². The van der Waals surface area contributed by atoms with Gasteiger partial charge in [-0.3, -0.25) is 0 Å². The lowest BCUT2D eigenvalue weighted by Gasteiger charge is -2.15. The van der Waals surface area contributed by atoms with Gasteiger partial charge < -0.3 is 4.90 Å². The number of hydrogen-bond donors (Lipinski definition) is 0. The molecular formula is C10H14Cl3N. The molecule has 0 spiro atoms. The van der Waals surface area contributed by atoms with Gasteiger partial charge in [-0.2, -0.15) is 0 Å². The highest BCUT2D eigenvalue weighted by atomic mass is 35.5. The van der Waals surface area contributed by atoms with E-state index in [0.717, 1.165) is 17.1 Å². The van der Waals surface area contributed by atoms with Crippen molar-refractivity contribution in [3.8, 4) is 0 Å². The zero-order valence-electron chi connectivity index (χ0n) is 8.21. The lowest BCUT2D eigenvalue weighted by atomic mass is 10.1. The van der Waals surface area contributed by atoms with Gasteiger partial charge in [0.2, 0.25) is 0 Å². The summed E-state index contributed by atoms with van der Waals surface area (Å²) in [6.45, 7) is 0.836. The van der Waals surface area contributed by atoms with Crippen LogP contribution in [0.4, 0.5) is 0 Å². The number of alkyl halides is 1. The number of hydrogen-bond acceptors (Lipinski definition) is 1. The third-order valence-electron chi connectivity index (χ3n) is 1.76. The minimum Gasteiger partial charge on any atom is -0.308 e. The average Bonchev–Trinajstić information content (AvgIpc) is 2.04. The predicted molar refractivity (Wildman–Crippen MR) is 65.8 cm³/mol. The summed E-state index contributed by atoms with van der Waals surface area (Å²) in [5.41, 5.74) is 1.11. The van der Waals surface area contributed by atoms with Crippen molar-refractivity contribution in [1.82, 2.24) is 4.90 Å². The zero-order valence-corrected chi connectivity index (χ0v) is 10.5. The number of benzene rings is 1. The Morgan fingerprint density at radius 1 is 1.21 bits per heavy atom. The third kappa shape index (κ3) is 4.52. The molecule has 0 saturated heterocycles. The summed E-state index contributed by atoms with van der Waals surface area (Å²) in [6.07, 6.45) is 0. The van der Waals surface area contributed by atoms with Gasteiger partial charge in [0, 0.05) is 11.6 Å². The van der Waals surface area contributed by atoms with Gasteiger partial charge in [-0.15, -0.1) is 24.0 Å². The van der Waals surface area contributed by atoms with Crippen molar-refractivity contribution in [3.63, 3.8) is 0 Å². The van der Waals surface area contributed by atoms with Gasteiger partial charge in [-0.05, 0) is 31.8 Å². The summed E-state index contributed by atoms with van der Waals surface area (Å²) >= 11 is 11.9. The first kappa shape index (κ1) is 14.1. The Morgan fingerprint density at radius 3 is 2.14 bits per heavy atom. The smallest absolute Gasteiger partial charge is 0.0712 e. The molecule has 1 unspecified atom stereocenters. The number of halogens is 3. The maximum Gasteiger partial charge on any atom is 0.0712 e. The number of rotatable bonds is 3. The standard InChI is InChI=1S/C10H13Cl2N.ClH/c1-13(2)7-10(12)8-3-5-9(11)6-4-8;/h3-6,10H,7H2,1-2H3;1H. The molecule has 0 aliphatic rings. The van der Waals surface area contributed by atoms with Crippen molar-refractivity contribution in [1.29, 1.82) is 0 Å². The van der Waals surface area contributed by atoms with Gasteiger partial charge in [0.25, 0.3) is 0 Å². The molecule has 0 aromatic heterocycles. The highest BCUT2D eigenvalue weighted by Crippen LogP contribution is 2.22. The van der Waals surface area contributed by atoms with E-state index in [1.165, 1.54) is 0 Å². The van der Waals surface area contributed by atoms with Crippen LogP contribution in [0.15, 0.2) is 24.3 Å². The summed E-state index contributed by atoms with van der Waals surface area (Å²) in [4.78, 5) is 2.06. The Balaban J connectivity index is 0.00000169. The van der Waals surface area contributed by atoms with E-state index in [0.29, 0.717) is 0 Å². The van der Waals surface area contributed by atoms with Gasteiger partial charge in [0.1, 0.15) is 0 Å². The Hall–Kier alpha value is 0.0500. The molecule has 1 aromatic rings. The van der Waals surface area contributed by atoms with E-state index in [9.17, 15) is 0 Å². The van der Waals surface area contributed by atoms with E-state index in [2.05, 4.69) is 4.90 Å². The van der Waals surface area contributed by atoms with Gasteiger partial charge >= 0.3 is 0 Å². The first-order chi connectivity index (χ1) is 6.09. The highest BCUT2D eigenvalue weighted by Gasteiger charge is 2.07. The maximum atomic E-state index is 6.17. The summed E-state index contributed by atoms with van der Waals surface area (Å²) in [6, 6.07) is 7.65. The summed E-state index contributed by atoms with van der Waals surface area (Å²) in [7, 11) is 4.01. The van der Waals surface area contributed by atoms with Crippen LogP contribution in [0.3, 0.4) is 0 Å². The fourth-order valence-corrected chi connectivity index (χ4v) is 1.65. The van der Waals surface area contributed by atoms with Crippen molar-refractivity contribution < 1.29 is 0 Å². The van der Waals surface area contributed by atoms with Crippen LogP contribution < -0.4 is 0 Å². The SMILES string of the molecule is CN(C)CC(Cl)c1ccc(Cl)cc1.Cl. The van der Waals surface area contributed by atoms with Gasteiger partial charge in [0.15, 0.2) is 0 Å². The Morgan fingerprint density at radius 2 is 1.71 bits per heavy atom. The number of likely N-dealkylation sites (N-methyl/N-ethyl adjacent to an activating group) is 1. The molecule has 14 heavy (non-hydrogen) atoms. The van der Waals surface area contributed by atoms with Crippen LogP contribution in [-0.2, 0) is 0 Å². The minimum absolute atomic E-state index is 0.